The van der Waals surface area contributed by atoms with Gasteiger partial charge in [0.2, 0.25) is 6.43 Å². The average molecular weight is 382 g/mol. The zero-order chi connectivity index (χ0) is 20.5. The van der Waals surface area contributed by atoms with Crippen LogP contribution in [-0.2, 0) is 14.2 Å². The van der Waals surface area contributed by atoms with Crippen LogP contribution in [0, 0.1) is 5.41 Å². The van der Waals surface area contributed by atoms with Crippen LogP contribution < -0.4 is 0 Å². The first-order valence-corrected chi connectivity index (χ1v) is 8.94. The predicted molar refractivity (Wildman–Crippen MR) is 98.7 cm³/mol. The van der Waals surface area contributed by atoms with Gasteiger partial charge >= 0.3 is 5.97 Å². The summed E-state index contributed by atoms with van der Waals surface area (Å²) in [5.41, 5.74) is -1.60. The summed E-state index contributed by atoms with van der Waals surface area (Å²) in [6, 6.07) is 8.29. The smallest absolute Gasteiger partial charge is 0.338 e. The molecule has 0 aliphatic carbocycles. The Morgan fingerprint density at radius 1 is 1.26 bits per heavy atom. The van der Waals surface area contributed by atoms with E-state index in [-0.39, 0.29) is 0 Å². The lowest BCUT2D eigenvalue weighted by Crippen LogP contribution is -2.52. The number of hydrogen-bond donors (Lipinski definition) is 0. The summed E-state index contributed by atoms with van der Waals surface area (Å²) in [4.78, 5) is 12.2. The Morgan fingerprint density at radius 2 is 1.85 bits per heavy atom. The summed E-state index contributed by atoms with van der Waals surface area (Å²) >= 11 is 0. The molecule has 0 aromatic heterocycles. The number of carbonyl (C=O) groups is 1. The molecular formula is C21H28F2O4. The molecule has 0 saturated carbocycles. The maximum Gasteiger partial charge on any atom is 0.338 e. The maximum atomic E-state index is 14.2. The van der Waals surface area contributed by atoms with E-state index in [1.54, 1.807) is 57.2 Å². The van der Waals surface area contributed by atoms with Gasteiger partial charge in [0.25, 0.3) is 0 Å². The summed E-state index contributed by atoms with van der Waals surface area (Å²) < 4.78 is 45.5. The van der Waals surface area contributed by atoms with Gasteiger partial charge in [-0.15, -0.1) is 0 Å². The van der Waals surface area contributed by atoms with Gasteiger partial charge in [-0.05, 0) is 53.7 Å². The zero-order valence-corrected chi connectivity index (χ0v) is 16.7. The molecule has 1 aromatic carbocycles. The van der Waals surface area contributed by atoms with Gasteiger partial charge in [-0.2, -0.15) is 0 Å². The molecule has 150 valence electrons. The molecule has 2 rings (SSSR count). The van der Waals surface area contributed by atoms with Gasteiger partial charge in [0, 0.05) is 0 Å². The Hall–Kier alpha value is -1.79. The second kappa shape index (κ2) is 7.68. The predicted octanol–water partition coefficient (Wildman–Crippen LogP) is 4.99. The summed E-state index contributed by atoms with van der Waals surface area (Å²) in [6.45, 7) is 9.70. The molecule has 1 saturated heterocycles. The quantitative estimate of drug-likeness (QED) is 0.514. The van der Waals surface area contributed by atoms with Crippen molar-refractivity contribution >= 4 is 5.97 Å². The standard InChI is InChI=1S/C21H28F2O4/c1-14(2)12-21(6)17(26-19(3,4)27-21)20(5,18(22)23)13-25-16(24)15-10-8-7-9-11-15/h7-12,17-18H,13H2,1-6H3/t17-,20+,21+/m1/s1. The minimum atomic E-state index is -2.78. The second-order valence-electron chi connectivity index (χ2n) is 8.15. The number of benzene rings is 1. The lowest BCUT2D eigenvalue weighted by molar-refractivity contribution is -0.177. The van der Waals surface area contributed by atoms with Crippen LogP contribution in [0.4, 0.5) is 8.78 Å². The molecule has 0 radical (unpaired) electrons. The van der Waals surface area contributed by atoms with Crippen LogP contribution in [0.2, 0.25) is 0 Å². The fourth-order valence-corrected chi connectivity index (χ4v) is 3.61. The molecule has 3 atom stereocenters. The van der Waals surface area contributed by atoms with Crippen LogP contribution in [0.15, 0.2) is 42.0 Å². The zero-order valence-electron chi connectivity index (χ0n) is 16.7. The van der Waals surface area contributed by atoms with E-state index in [0.717, 1.165) is 5.57 Å². The van der Waals surface area contributed by atoms with E-state index in [9.17, 15) is 13.6 Å². The van der Waals surface area contributed by atoms with E-state index >= 15 is 0 Å². The number of ether oxygens (including phenoxy) is 3. The van der Waals surface area contributed by atoms with Crippen molar-refractivity contribution < 1.29 is 27.8 Å². The second-order valence-corrected chi connectivity index (χ2v) is 8.15. The Morgan fingerprint density at radius 3 is 2.37 bits per heavy atom. The summed E-state index contributed by atoms with van der Waals surface area (Å²) in [5, 5.41) is 0. The average Bonchev–Trinajstić information content (AvgIpc) is 2.81. The van der Waals surface area contributed by atoms with Gasteiger partial charge in [-0.1, -0.05) is 29.8 Å². The fourth-order valence-electron chi connectivity index (χ4n) is 3.61. The third kappa shape index (κ3) is 4.74. The topological polar surface area (TPSA) is 44.8 Å². The Balaban J connectivity index is 2.30. The third-order valence-electron chi connectivity index (χ3n) is 4.58. The van der Waals surface area contributed by atoms with Gasteiger partial charge in [0.15, 0.2) is 5.79 Å². The van der Waals surface area contributed by atoms with Crippen molar-refractivity contribution in [2.24, 2.45) is 5.41 Å². The number of allylic oxidation sites excluding steroid dienone is 1. The Kier molecular flexibility index (Phi) is 6.12. The van der Waals surface area contributed by atoms with Gasteiger partial charge in [-0.25, -0.2) is 13.6 Å². The molecule has 1 aliphatic heterocycles. The van der Waals surface area contributed by atoms with E-state index in [2.05, 4.69) is 0 Å². The van der Waals surface area contributed by atoms with Gasteiger partial charge < -0.3 is 14.2 Å². The molecule has 4 nitrogen and oxygen atoms in total. The van der Waals surface area contributed by atoms with Crippen LogP contribution in [0.1, 0.15) is 51.9 Å². The molecule has 27 heavy (non-hydrogen) atoms. The first kappa shape index (κ1) is 21.5. The minimum Gasteiger partial charge on any atom is -0.461 e. The molecule has 0 spiro atoms. The number of esters is 1. The lowest BCUT2D eigenvalue weighted by Gasteiger charge is -2.39. The highest BCUT2D eigenvalue weighted by Gasteiger charge is 2.60. The largest absolute Gasteiger partial charge is 0.461 e. The van der Waals surface area contributed by atoms with Gasteiger partial charge in [0.1, 0.15) is 18.3 Å². The normalized spacial score (nSPS) is 26.5. The number of halogens is 2. The SMILES string of the molecule is CC(C)=C[C@]1(C)OC(C)(C)O[C@@H]1[C@](C)(COC(=O)c1ccccc1)C(F)F. The summed E-state index contributed by atoms with van der Waals surface area (Å²) in [7, 11) is 0. The molecule has 6 heteroatoms. The molecule has 0 amide bonds. The van der Waals surface area contributed by atoms with Crippen molar-refractivity contribution in [3.63, 3.8) is 0 Å². The summed E-state index contributed by atoms with van der Waals surface area (Å²) in [6.07, 6.45) is -2.00. The van der Waals surface area contributed by atoms with Crippen molar-refractivity contribution in [2.45, 2.75) is 65.5 Å². The van der Waals surface area contributed by atoms with Crippen molar-refractivity contribution in [1.82, 2.24) is 0 Å². The van der Waals surface area contributed by atoms with Crippen molar-refractivity contribution in [3.8, 4) is 0 Å². The van der Waals surface area contributed by atoms with Gasteiger partial charge in [0.05, 0.1) is 11.0 Å². The van der Waals surface area contributed by atoms with Crippen molar-refractivity contribution in [2.75, 3.05) is 6.61 Å². The first-order valence-electron chi connectivity index (χ1n) is 8.94. The summed E-state index contributed by atoms with van der Waals surface area (Å²) in [5.74, 6) is -1.69. The highest BCUT2D eigenvalue weighted by atomic mass is 19.3. The van der Waals surface area contributed by atoms with Crippen LogP contribution in [-0.4, -0.2) is 36.5 Å². The molecule has 0 N–H and O–H groups in total. The van der Waals surface area contributed by atoms with Crippen molar-refractivity contribution in [1.29, 1.82) is 0 Å². The lowest BCUT2D eigenvalue weighted by atomic mass is 9.76. The molecule has 0 unspecified atom stereocenters. The van der Waals surface area contributed by atoms with Crippen LogP contribution >= 0.6 is 0 Å². The molecule has 1 aromatic rings. The Bertz CT molecular complexity index is 697. The number of carbonyl (C=O) groups excluding carboxylic acids is 1. The molecule has 1 fully saturated rings. The van der Waals surface area contributed by atoms with E-state index in [4.69, 9.17) is 14.2 Å². The minimum absolute atomic E-state index is 0.310. The molecule has 1 aliphatic rings. The van der Waals surface area contributed by atoms with E-state index in [1.165, 1.54) is 6.92 Å². The molecule has 0 bridgehead atoms. The maximum absolute atomic E-state index is 14.2. The fraction of sp³-hybridized carbons (Fsp3) is 0.571. The van der Waals surface area contributed by atoms with Crippen LogP contribution in [0.25, 0.3) is 0 Å². The molecular weight excluding hydrogens is 354 g/mol. The monoisotopic (exact) mass is 382 g/mol. The third-order valence-corrected chi connectivity index (χ3v) is 4.58. The highest BCUT2D eigenvalue weighted by molar-refractivity contribution is 5.89. The van der Waals surface area contributed by atoms with E-state index < -0.39 is 41.9 Å². The van der Waals surface area contributed by atoms with Crippen LogP contribution in [0.5, 0.6) is 0 Å². The molecule has 1 heterocycles. The first-order chi connectivity index (χ1) is 12.4. The number of rotatable bonds is 6. The number of alkyl halides is 2. The van der Waals surface area contributed by atoms with Gasteiger partial charge in [-0.3, -0.25) is 0 Å². The van der Waals surface area contributed by atoms with E-state index in [1.807, 2.05) is 13.8 Å². The Labute approximate surface area is 159 Å². The van der Waals surface area contributed by atoms with Crippen LogP contribution in [0.3, 0.4) is 0 Å². The highest BCUT2D eigenvalue weighted by Crippen LogP contribution is 2.48. The number of hydrogen-bond acceptors (Lipinski definition) is 4. The van der Waals surface area contributed by atoms with Crippen molar-refractivity contribution in [3.05, 3.63) is 47.5 Å². The van der Waals surface area contributed by atoms with E-state index in [0.29, 0.717) is 5.56 Å².